The van der Waals surface area contributed by atoms with Crippen LogP contribution in [0.25, 0.3) is 0 Å². The molecule has 28 heavy (non-hydrogen) atoms. The molecule has 1 atom stereocenters. The Kier molecular flexibility index (Phi) is 5.97. The maximum atomic E-state index is 12.4. The standard InChI is InChI=1S/C22H31N3O3/c1-16-5-2-3-8-20(16)22(27)23-13-19-14-25(21(26)15-28-19)18-9-11-24(12-10-18)17-6-4-7-17/h2-3,5,8,17-19H,4,6-7,9-15H2,1H3,(H,23,27)/t19-/m1/s1. The molecule has 2 aliphatic heterocycles. The van der Waals surface area contributed by atoms with Gasteiger partial charge >= 0.3 is 0 Å². The van der Waals surface area contributed by atoms with Crippen molar-refractivity contribution < 1.29 is 14.3 Å². The number of carbonyl (C=O) groups is 2. The average Bonchev–Trinajstić information content (AvgIpc) is 2.67. The molecule has 6 heteroatoms. The van der Waals surface area contributed by atoms with Gasteiger partial charge in [0.05, 0.1) is 6.10 Å². The minimum atomic E-state index is -0.143. The van der Waals surface area contributed by atoms with Crippen LogP contribution in [0.3, 0.4) is 0 Å². The van der Waals surface area contributed by atoms with Crippen LogP contribution < -0.4 is 5.32 Å². The van der Waals surface area contributed by atoms with Crippen molar-refractivity contribution in [3.63, 3.8) is 0 Å². The monoisotopic (exact) mass is 385 g/mol. The molecule has 152 valence electrons. The molecule has 0 bridgehead atoms. The first-order valence-electron chi connectivity index (χ1n) is 10.6. The fourth-order valence-corrected chi connectivity index (χ4v) is 4.57. The van der Waals surface area contributed by atoms with E-state index in [4.69, 9.17) is 4.74 Å². The zero-order valence-electron chi connectivity index (χ0n) is 16.7. The third kappa shape index (κ3) is 4.23. The molecule has 1 aromatic rings. The van der Waals surface area contributed by atoms with Crippen molar-refractivity contribution in [1.29, 1.82) is 0 Å². The quantitative estimate of drug-likeness (QED) is 0.842. The molecule has 2 saturated heterocycles. The van der Waals surface area contributed by atoms with E-state index in [-0.39, 0.29) is 24.5 Å². The summed E-state index contributed by atoms with van der Waals surface area (Å²) < 4.78 is 5.70. The number of morpholine rings is 1. The van der Waals surface area contributed by atoms with Gasteiger partial charge in [0.1, 0.15) is 6.61 Å². The molecular formula is C22H31N3O3. The normalized spacial score (nSPS) is 24.8. The van der Waals surface area contributed by atoms with Gasteiger partial charge in [0, 0.05) is 43.8 Å². The third-order valence-electron chi connectivity index (χ3n) is 6.57. The molecule has 0 spiro atoms. The van der Waals surface area contributed by atoms with E-state index in [1.54, 1.807) is 0 Å². The minimum absolute atomic E-state index is 0.0843. The van der Waals surface area contributed by atoms with E-state index in [9.17, 15) is 9.59 Å². The number of likely N-dealkylation sites (tertiary alicyclic amines) is 1. The van der Waals surface area contributed by atoms with Crippen molar-refractivity contribution in [2.45, 2.75) is 57.2 Å². The zero-order valence-corrected chi connectivity index (χ0v) is 16.7. The molecule has 1 aliphatic carbocycles. The number of amides is 2. The molecule has 2 amide bonds. The van der Waals surface area contributed by atoms with Gasteiger partial charge in [-0.15, -0.1) is 0 Å². The summed E-state index contributed by atoms with van der Waals surface area (Å²) in [5.74, 6) is 0.00234. The van der Waals surface area contributed by atoms with E-state index in [1.165, 1.54) is 19.3 Å². The Morgan fingerprint density at radius 3 is 2.57 bits per heavy atom. The van der Waals surface area contributed by atoms with Crippen LogP contribution in [-0.2, 0) is 9.53 Å². The molecule has 1 aromatic carbocycles. The number of carbonyl (C=O) groups excluding carboxylic acids is 2. The van der Waals surface area contributed by atoms with E-state index < -0.39 is 0 Å². The Morgan fingerprint density at radius 2 is 1.89 bits per heavy atom. The number of benzene rings is 1. The van der Waals surface area contributed by atoms with Crippen LogP contribution in [0.5, 0.6) is 0 Å². The Labute approximate surface area is 167 Å². The van der Waals surface area contributed by atoms with Gasteiger partial charge in [0.15, 0.2) is 0 Å². The predicted molar refractivity (Wildman–Crippen MR) is 107 cm³/mol. The second-order valence-electron chi connectivity index (χ2n) is 8.36. The van der Waals surface area contributed by atoms with Crippen LogP contribution in [-0.4, -0.2) is 72.6 Å². The summed E-state index contributed by atoms with van der Waals surface area (Å²) >= 11 is 0. The second-order valence-corrected chi connectivity index (χ2v) is 8.36. The van der Waals surface area contributed by atoms with Gasteiger partial charge in [-0.1, -0.05) is 24.6 Å². The Bertz CT molecular complexity index is 711. The van der Waals surface area contributed by atoms with Crippen molar-refractivity contribution in [3.05, 3.63) is 35.4 Å². The summed E-state index contributed by atoms with van der Waals surface area (Å²) in [5, 5.41) is 2.97. The van der Waals surface area contributed by atoms with Gasteiger partial charge in [0.25, 0.3) is 5.91 Å². The molecular weight excluding hydrogens is 354 g/mol. The SMILES string of the molecule is Cc1ccccc1C(=O)NC[C@@H]1CN(C2CCN(C3CCC3)CC2)C(=O)CO1. The maximum absolute atomic E-state index is 12.4. The summed E-state index contributed by atoms with van der Waals surface area (Å²) in [6.07, 6.45) is 5.99. The number of nitrogens with one attached hydrogen (secondary N) is 1. The molecule has 0 aromatic heterocycles. The van der Waals surface area contributed by atoms with Crippen molar-refractivity contribution in [2.24, 2.45) is 0 Å². The van der Waals surface area contributed by atoms with Crippen LogP contribution >= 0.6 is 0 Å². The highest BCUT2D eigenvalue weighted by Gasteiger charge is 2.35. The molecule has 2 heterocycles. The maximum Gasteiger partial charge on any atom is 0.251 e. The largest absolute Gasteiger partial charge is 0.365 e. The van der Waals surface area contributed by atoms with Gasteiger partial charge in [-0.05, 0) is 44.2 Å². The number of piperidine rings is 1. The van der Waals surface area contributed by atoms with Crippen LogP contribution in [0.2, 0.25) is 0 Å². The minimum Gasteiger partial charge on any atom is -0.365 e. The van der Waals surface area contributed by atoms with Gasteiger partial charge in [-0.25, -0.2) is 0 Å². The van der Waals surface area contributed by atoms with Gasteiger partial charge in [-0.3, -0.25) is 9.59 Å². The Balaban J connectivity index is 1.28. The average molecular weight is 386 g/mol. The number of ether oxygens (including phenoxy) is 1. The first kappa shape index (κ1) is 19.4. The lowest BCUT2D eigenvalue weighted by molar-refractivity contribution is -0.153. The van der Waals surface area contributed by atoms with E-state index in [2.05, 4.69) is 10.2 Å². The molecule has 1 N–H and O–H groups in total. The highest BCUT2D eigenvalue weighted by molar-refractivity contribution is 5.95. The summed E-state index contributed by atoms with van der Waals surface area (Å²) in [4.78, 5) is 29.5. The molecule has 3 fully saturated rings. The Hall–Kier alpha value is -1.92. The summed E-state index contributed by atoms with van der Waals surface area (Å²) in [6.45, 7) is 5.23. The Morgan fingerprint density at radius 1 is 1.14 bits per heavy atom. The smallest absolute Gasteiger partial charge is 0.251 e. The number of rotatable bonds is 5. The number of hydrogen-bond donors (Lipinski definition) is 1. The van der Waals surface area contributed by atoms with Gasteiger partial charge < -0.3 is 19.9 Å². The van der Waals surface area contributed by atoms with E-state index >= 15 is 0 Å². The molecule has 1 saturated carbocycles. The lowest BCUT2D eigenvalue weighted by Gasteiger charge is -2.45. The van der Waals surface area contributed by atoms with Crippen LogP contribution in [0.15, 0.2) is 24.3 Å². The molecule has 0 unspecified atom stereocenters. The third-order valence-corrected chi connectivity index (χ3v) is 6.57. The summed E-state index contributed by atoms with van der Waals surface area (Å²) in [5.41, 5.74) is 1.65. The van der Waals surface area contributed by atoms with E-state index in [0.717, 1.165) is 37.5 Å². The van der Waals surface area contributed by atoms with Crippen molar-refractivity contribution in [2.75, 3.05) is 32.8 Å². The molecule has 6 nitrogen and oxygen atoms in total. The second kappa shape index (κ2) is 8.62. The van der Waals surface area contributed by atoms with Crippen molar-refractivity contribution >= 4 is 11.8 Å². The first-order chi connectivity index (χ1) is 13.6. The van der Waals surface area contributed by atoms with Crippen molar-refractivity contribution in [1.82, 2.24) is 15.1 Å². The summed E-state index contributed by atoms with van der Waals surface area (Å²) in [7, 11) is 0. The van der Waals surface area contributed by atoms with E-state index in [1.807, 2.05) is 36.1 Å². The number of aryl methyl sites for hydroxylation is 1. The van der Waals surface area contributed by atoms with Crippen LogP contribution in [0.1, 0.15) is 48.0 Å². The van der Waals surface area contributed by atoms with Crippen LogP contribution in [0, 0.1) is 6.92 Å². The van der Waals surface area contributed by atoms with Gasteiger partial charge in [0.2, 0.25) is 5.91 Å². The van der Waals surface area contributed by atoms with E-state index in [0.29, 0.717) is 24.7 Å². The predicted octanol–water partition coefficient (Wildman–Crippen LogP) is 1.97. The molecule has 3 aliphatic rings. The van der Waals surface area contributed by atoms with Gasteiger partial charge in [-0.2, -0.15) is 0 Å². The lowest BCUT2D eigenvalue weighted by atomic mass is 9.89. The zero-order chi connectivity index (χ0) is 19.5. The first-order valence-corrected chi connectivity index (χ1v) is 10.6. The molecule has 0 radical (unpaired) electrons. The molecule has 4 rings (SSSR count). The fourth-order valence-electron chi connectivity index (χ4n) is 4.57. The fraction of sp³-hybridized carbons (Fsp3) is 0.636. The highest BCUT2D eigenvalue weighted by Crippen LogP contribution is 2.29. The lowest BCUT2D eigenvalue weighted by Crippen LogP contribution is -2.57. The topological polar surface area (TPSA) is 61.9 Å². The highest BCUT2D eigenvalue weighted by atomic mass is 16.5. The van der Waals surface area contributed by atoms with Crippen LogP contribution in [0.4, 0.5) is 0 Å². The van der Waals surface area contributed by atoms with Crippen molar-refractivity contribution in [3.8, 4) is 0 Å². The number of hydrogen-bond acceptors (Lipinski definition) is 4. The number of nitrogens with zero attached hydrogens (tertiary/aromatic N) is 2. The summed E-state index contributed by atoms with van der Waals surface area (Å²) in [6, 6.07) is 8.65.